The summed E-state index contributed by atoms with van der Waals surface area (Å²) in [6, 6.07) is 8.18. The van der Waals surface area contributed by atoms with Crippen molar-refractivity contribution >= 4 is 52.3 Å². The first-order chi connectivity index (χ1) is 11.5. The van der Waals surface area contributed by atoms with Crippen LogP contribution in [0.1, 0.15) is 15.2 Å². The maximum atomic E-state index is 11.7. The average molecular weight is 387 g/mol. The Kier molecular flexibility index (Phi) is 6.60. The molecule has 0 atom stereocenters. The highest BCUT2D eigenvalue weighted by molar-refractivity contribution is 7.12. The fourth-order valence-corrected chi connectivity index (χ4v) is 2.82. The van der Waals surface area contributed by atoms with E-state index in [1.165, 1.54) is 11.3 Å². The number of benzene rings is 1. The molecule has 0 aliphatic rings. The minimum Gasteiger partial charge on any atom is -0.455 e. The molecule has 0 saturated carbocycles. The van der Waals surface area contributed by atoms with Crippen LogP contribution in [-0.2, 0) is 20.7 Å². The highest BCUT2D eigenvalue weighted by atomic mass is 35.5. The highest BCUT2D eigenvalue weighted by Crippen LogP contribution is 2.24. The van der Waals surface area contributed by atoms with Crippen molar-refractivity contribution in [3.8, 4) is 0 Å². The Morgan fingerprint density at radius 2 is 1.75 bits per heavy atom. The van der Waals surface area contributed by atoms with Gasteiger partial charge in [0.1, 0.15) is 0 Å². The molecule has 2 rings (SSSR count). The van der Waals surface area contributed by atoms with Crippen LogP contribution in [-0.4, -0.2) is 24.4 Å². The Bertz CT molecular complexity index is 730. The summed E-state index contributed by atoms with van der Waals surface area (Å²) >= 11 is 13.1. The summed E-state index contributed by atoms with van der Waals surface area (Å²) in [5.74, 6) is -1.78. The van der Waals surface area contributed by atoms with Crippen LogP contribution >= 0.6 is 34.5 Å². The van der Waals surface area contributed by atoms with Crippen molar-refractivity contribution in [2.45, 2.75) is 6.42 Å². The summed E-state index contributed by atoms with van der Waals surface area (Å²) in [6.45, 7) is -0.536. The maximum Gasteiger partial charge on any atom is 0.310 e. The van der Waals surface area contributed by atoms with Gasteiger partial charge in [0.25, 0.3) is 11.8 Å². The zero-order chi connectivity index (χ0) is 17.5. The molecule has 1 aromatic carbocycles. The van der Waals surface area contributed by atoms with E-state index < -0.39 is 24.4 Å². The van der Waals surface area contributed by atoms with E-state index >= 15 is 0 Å². The van der Waals surface area contributed by atoms with Crippen molar-refractivity contribution in [3.05, 3.63) is 56.2 Å². The van der Waals surface area contributed by atoms with Crippen molar-refractivity contribution in [1.29, 1.82) is 0 Å². The van der Waals surface area contributed by atoms with Crippen molar-refractivity contribution in [3.63, 3.8) is 0 Å². The van der Waals surface area contributed by atoms with Gasteiger partial charge in [0.15, 0.2) is 6.61 Å². The zero-order valence-electron chi connectivity index (χ0n) is 12.2. The summed E-state index contributed by atoms with van der Waals surface area (Å²) in [5.41, 5.74) is 4.79. The number of nitrogens with one attached hydrogen (secondary N) is 2. The zero-order valence-corrected chi connectivity index (χ0v) is 14.5. The van der Waals surface area contributed by atoms with E-state index in [0.717, 1.165) is 0 Å². The minimum atomic E-state index is -0.668. The highest BCUT2D eigenvalue weighted by Gasteiger charge is 2.14. The molecule has 126 valence electrons. The predicted octanol–water partition coefficient (Wildman–Crippen LogP) is 2.60. The number of esters is 1. The van der Waals surface area contributed by atoms with Gasteiger partial charge in [-0.25, -0.2) is 0 Å². The van der Waals surface area contributed by atoms with Crippen molar-refractivity contribution < 1.29 is 19.1 Å². The number of carbonyl (C=O) groups is 3. The van der Waals surface area contributed by atoms with E-state index in [1.807, 2.05) is 0 Å². The van der Waals surface area contributed by atoms with Crippen LogP contribution in [0, 0.1) is 0 Å². The van der Waals surface area contributed by atoms with Gasteiger partial charge < -0.3 is 4.74 Å². The van der Waals surface area contributed by atoms with Gasteiger partial charge in [-0.3, -0.25) is 25.2 Å². The van der Waals surface area contributed by atoms with Crippen LogP contribution in [0.2, 0.25) is 10.0 Å². The maximum absolute atomic E-state index is 11.7. The molecule has 0 aliphatic carbocycles. The van der Waals surface area contributed by atoms with Crippen LogP contribution in [0.3, 0.4) is 0 Å². The van der Waals surface area contributed by atoms with Gasteiger partial charge in [-0.05, 0) is 23.6 Å². The molecule has 0 bridgehead atoms. The SMILES string of the molecule is O=C(COC(=O)Cc1c(Cl)cccc1Cl)NNC(=O)c1cccs1. The van der Waals surface area contributed by atoms with Crippen LogP contribution in [0.15, 0.2) is 35.7 Å². The second-order valence-corrected chi connectivity index (χ2v) is 6.28. The fourth-order valence-electron chi connectivity index (χ4n) is 1.67. The van der Waals surface area contributed by atoms with E-state index in [4.69, 9.17) is 27.9 Å². The summed E-state index contributed by atoms with van der Waals surface area (Å²) in [4.78, 5) is 35.4. The molecule has 6 nitrogen and oxygen atoms in total. The molecule has 1 heterocycles. The van der Waals surface area contributed by atoms with Gasteiger partial charge in [-0.15, -0.1) is 11.3 Å². The number of hydrogen-bond donors (Lipinski definition) is 2. The number of thiophene rings is 1. The Balaban J connectivity index is 1.75. The van der Waals surface area contributed by atoms with E-state index in [2.05, 4.69) is 10.9 Å². The first-order valence-corrected chi connectivity index (χ1v) is 8.32. The third-order valence-electron chi connectivity index (χ3n) is 2.81. The van der Waals surface area contributed by atoms with Crippen LogP contribution in [0.25, 0.3) is 0 Å². The molecule has 2 aromatic rings. The second kappa shape index (κ2) is 8.68. The average Bonchev–Trinajstić information content (AvgIpc) is 3.09. The smallest absolute Gasteiger partial charge is 0.310 e. The van der Waals surface area contributed by atoms with Gasteiger partial charge in [0.05, 0.1) is 11.3 Å². The van der Waals surface area contributed by atoms with E-state index in [1.54, 1.807) is 35.7 Å². The van der Waals surface area contributed by atoms with Gasteiger partial charge in [0, 0.05) is 15.6 Å². The van der Waals surface area contributed by atoms with E-state index in [9.17, 15) is 14.4 Å². The number of hydrazine groups is 1. The van der Waals surface area contributed by atoms with Crippen LogP contribution < -0.4 is 10.9 Å². The minimum absolute atomic E-state index is 0.159. The summed E-state index contributed by atoms with van der Waals surface area (Å²) < 4.78 is 4.82. The van der Waals surface area contributed by atoms with E-state index in [-0.39, 0.29) is 6.42 Å². The molecule has 0 aliphatic heterocycles. The molecule has 0 radical (unpaired) electrons. The normalized spacial score (nSPS) is 10.1. The quantitative estimate of drug-likeness (QED) is 0.610. The Labute approximate surface area is 151 Å². The van der Waals surface area contributed by atoms with E-state index in [0.29, 0.717) is 20.5 Å². The number of carbonyl (C=O) groups excluding carboxylic acids is 3. The van der Waals surface area contributed by atoms with Crippen LogP contribution in [0.4, 0.5) is 0 Å². The van der Waals surface area contributed by atoms with Gasteiger partial charge >= 0.3 is 5.97 Å². The molecule has 24 heavy (non-hydrogen) atoms. The number of rotatable bonds is 5. The Morgan fingerprint density at radius 3 is 2.38 bits per heavy atom. The predicted molar refractivity (Wildman–Crippen MR) is 91.1 cm³/mol. The molecule has 0 unspecified atom stereocenters. The lowest BCUT2D eigenvalue weighted by atomic mass is 10.1. The lowest BCUT2D eigenvalue weighted by Gasteiger charge is -2.09. The third-order valence-corrected chi connectivity index (χ3v) is 4.38. The van der Waals surface area contributed by atoms with Crippen LogP contribution in [0.5, 0.6) is 0 Å². The molecule has 9 heteroatoms. The Hall–Kier alpha value is -2.09. The van der Waals surface area contributed by atoms with Gasteiger partial charge in [0.2, 0.25) is 0 Å². The monoisotopic (exact) mass is 386 g/mol. The van der Waals surface area contributed by atoms with Gasteiger partial charge in [-0.2, -0.15) is 0 Å². The molecular formula is C15H12Cl2N2O4S. The standard InChI is InChI=1S/C15H12Cl2N2O4S/c16-10-3-1-4-11(17)9(10)7-14(21)23-8-13(20)18-19-15(22)12-5-2-6-24-12/h1-6H,7-8H2,(H,18,20)(H,19,22). The molecule has 0 fully saturated rings. The molecular weight excluding hydrogens is 375 g/mol. The largest absolute Gasteiger partial charge is 0.455 e. The van der Waals surface area contributed by atoms with Crippen molar-refractivity contribution in [1.82, 2.24) is 10.9 Å². The number of amides is 2. The number of hydrogen-bond acceptors (Lipinski definition) is 5. The molecule has 1 aromatic heterocycles. The molecule has 0 spiro atoms. The Morgan fingerprint density at radius 1 is 1.04 bits per heavy atom. The lowest BCUT2D eigenvalue weighted by Crippen LogP contribution is -2.43. The third kappa shape index (κ3) is 5.23. The number of halogens is 2. The fraction of sp³-hybridized carbons (Fsp3) is 0.133. The number of ether oxygens (including phenoxy) is 1. The first kappa shape index (κ1) is 18.3. The summed E-state index contributed by atoms with van der Waals surface area (Å²) in [6.07, 6.45) is -0.159. The second-order valence-electron chi connectivity index (χ2n) is 4.52. The first-order valence-electron chi connectivity index (χ1n) is 6.68. The molecule has 2 N–H and O–H groups in total. The molecule has 0 saturated heterocycles. The van der Waals surface area contributed by atoms with Gasteiger partial charge in [-0.1, -0.05) is 35.3 Å². The molecule has 2 amide bonds. The summed E-state index contributed by atoms with van der Waals surface area (Å²) in [7, 11) is 0. The van der Waals surface area contributed by atoms with Crippen molar-refractivity contribution in [2.75, 3.05) is 6.61 Å². The topological polar surface area (TPSA) is 84.5 Å². The lowest BCUT2D eigenvalue weighted by molar-refractivity contribution is -0.148. The van der Waals surface area contributed by atoms with Crippen molar-refractivity contribution in [2.24, 2.45) is 0 Å². The summed E-state index contributed by atoms with van der Waals surface area (Å²) in [5, 5.41) is 2.41.